The van der Waals surface area contributed by atoms with Crippen molar-refractivity contribution in [3.8, 4) is 0 Å². The highest BCUT2D eigenvalue weighted by Crippen LogP contribution is 2.19. The van der Waals surface area contributed by atoms with Crippen molar-refractivity contribution < 1.29 is 42.8 Å². The van der Waals surface area contributed by atoms with Crippen molar-refractivity contribution in [1.82, 2.24) is 0 Å². The van der Waals surface area contributed by atoms with Crippen molar-refractivity contribution >= 4 is 17.9 Å². The fourth-order valence-electron chi connectivity index (χ4n) is 2.14. The molecule has 0 spiro atoms. The maximum absolute atomic E-state index is 12.6. The van der Waals surface area contributed by atoms with E-state index in [0.717, 1.165) is 0 Å². The average Bonchev–Trinajstić information content (AvgIpc) is 2.76. The molecule has 0 aliphatic heterocycles. The lowest BCUT2D eigenvalue weighted by molar-refractivity contribution is 0.0357. The Balaban J connectivity index is 3.06. The van der Waals surface area contributed by atoms with Crippen LogP contribution in [0.1, 0.15) is 31.1 Å². The lowest BCUT2D eigenvalue weighted by atomic mass is 10.0. The summed E-state index contributed by atoms with van der Waals surface area (Å²) in [6.07, 6.45) is 3.60. The van der Waals surface area contributed by atoms with E-state index >= 15 is 0 Å². The van der Waals surface area contributed by atoms with E-state index in [4.69, 9.17) is 28.4 Å². The van der Waals surface area contributed by atoms with Crippen molar-refractivity contribution in [2.45, 2.75) is 0 Å². The molecule has 0 radical (unpaired) electrons. The molecule has 162 valence electrons. The summed E-state index contributed by atoms with van der Waals surface area (Å²) in [5.74, 6) is -2.57. The number of rotatable bonds is 15. The van der Waals surface area contributed by atoms with Gasteiger partial charge in [-0.15, -0.1) is 0 Å². The summed E-state index contributed by atoms with van der Waals surface area (Å²) in [6, 6.07) is 4.10. The molecule has 0 amide bonds. The topological polar surface area (TPSA) is 107 Å². The predicted octanol–water partition coefficient (Wildman–Crippen LogP) is 2.64. The van der Waals surface area contributed by atoms with Crippen LogP contribution in [-0.2, 0) is 28.4 Å². The summed E-state index contributed by atoms with van der Waals surface area (Å²) in [6.45, 7) is 10.1. The summed E-state index contributed by atoms with van der Waals surface area (Å²) < 4.78 is 29.9. The Hall–Kier alpha value is -3.75. The van der Waals surface area contributed by atoms with Gasteiger partial charge in [0.25, 0.3) is 0 Å². The molecule has 0 N–H and O–H groups in total. The minimum absolute atomic E-state index is 0.0550. The van der Waals surface area contributed by atoms with Crippen LogP contribution in [0.4, 0.5) is 0 Å². The van der Waals surface area contributed by atoms with E-state index < -0.39 is 17.9 Å². The zero-order valence-electron chi connectivity index (χ0n) is 16.5. The molecule has 0 aromatic heterocycles. The highest BCUT2D eigenvalue weighted by molar-refractivity contribution is 6.10. The number of esters is 3. The Bertz CT molecular complexity index is 709. The Morgan fingerprint density at radius 1 is 0.633 bits per heavy atom. The Kier molecular flexibility index (Phi) is 11.6. The summed E-state index contributed by atoms with van der Waals surface area (Å²) in [7, 11) is 0. The van der Waals surface area contributed by atoms with Gasteiger partial charge in [-0.05, 0) is 12.1 Å². The first kappa shape index (κ1) is 24.3. The second-order valence-electron chi connectivity index (χ2n) is 5.25. The number of benzene rings is 1. The van der Waals surface area contributed by atoms with Crippen LogP contribution >= 0.6 is 0 Å². The maximum Gasteiger partial charge on any atom is 0.340 e. The molecule has 0 saturated carbocycles. The van der Waals surface area contributed by atoms with Crippen molar-refractivity contribution in [1.29, 1.82) is 0 Å². The van der Waals surface area contributed by atoms with Gasteiger partial charge in [-0.25, -0.2) is 14.4 Å². The number of ether oxygens (including phenoxy) is 6. The van der Waals surface area contributed by atoms with Crippen molar-refractivity contribution in [3.05, 3.63) is 73.4 Å². The molecule has 0 heterocycles. The Labute approximate surface area is 174 Å². The van der Waals surface area contributed by atoms with Crippen LogP contribution in [0.5, 0.6) is 0 Å². The molecule has 0 fully saturated rings. The summed E-state index contributed by atoms with van der Waals surface area (Å²) in [5, 5.41) is 0. The van der Waals surface area contributed by atoms with Gasteiger partial charge in [-0.3, -0.25) is 0 Å². The number of hydrogen-bond donors (Lipinski definition) is 0. The van der Waals surface area contributed by atoms with Crippen LogP contribution < -0.4 is 0 Å². The fourth-order valence-corrected chi connectivity index (χ4v) is 2.14. The van der Waals surface area contributed by atoms with Gasteiger partial charge in [0.15, 0.2) is 0 Å². The first-order valence-corrected chi connectivity index (χ1v) is 8.88. The molecule has 30 heavy (non-hydrogen) atoms. The molecule has 0 bridgehead atoms. The van der Waals surface area contributed by atoms with Crippen LogP contribution in [0, 0.1) is 0 Å². The lowest BCUT2D eigenvalue weighted by Gasteiger charge is -2.14. The molecular formula is C21H24O9. The zero-order chi connectivity index (χ0) is 22.2. The van der Waals surface area contributed by atoms with Gasteiger partial charge in [0.05, 0.1) is 35.5 Å². The van der Waals surface area contributed by atoms with Gasteiger partial charge in [-0.2, -0.15) is 0 Å². The highest BCUT2D eigenvalue weighted by Gasteiger charge is 2.27. The van der Waals surface area contributed by atoms with Crippen LogP contribution in [0.3, 0.4) is 0 Å². The van der Waals surface area contributed by atoms with E-state index in [2.05, 4.69) is 19.7 Å². The quantitative estimate of drug-likeness (QED) is 0.183. The minimum atomic E-state index is -0.910. The summed E-state index contributed by atoms with van der Waals surface area (Å²) in [5.41, 5.74) is -0.583. The molecule has 0 aliphatic carbocycles. The Morgan fingerprint density at radius 2 is 1.00 bits per heavy atom. The lowest BCUT2D eigenvalue weighted by Crippen LogP contribution is -2.22. The predicted molar refractivity (Wildman–Crippen MR) is 106 cm³/mol. The number of hydrogen-bond acceptors (Lipinski definition) is 9. The average molecular weight is 420 g/mol. The van der Waals surface area contributed by atoms with Crippen LogP contribution in [0.25, 0.3) is 0 Å². The fraction of sp³-hybridized carbons (Fsp3) is 0.286. The van der Waals surface area contributed by atoms with Crippen LogP contribution in [0.15, 0.2) is 56.7 Å². The molecule has 1 aromatic carbocycles. The van der Waals surface area contributed by atoms with Crippen LogP contribution in [0.2, 0.25) is 0 Å². The van der Waals surface area contributed by atoms with E-state index in [-0.39, 0.29) is 56.3 Å². The SMILES string of the molecule is C=COCCOC(=O)c1cccc(C(=O)OCCOC=C)c1C(=O)OCCOC=C. The van der Waals surface area contributed by atoms with E-state index in [1.54, 1.807) is 0 Å². The third-order valence-electron chi connectivity index (χ3n) is 3.36. The normalized spacial score (nSPS) is 9.60. The smallest absolute Gasteiger partial charge is 0.340 e. The molecule has 0 unspecified atom stereocenters. The number of carbonyl (C=O) groups excluding carboxylic acids is 3. The van der Waals surface area contributed by atoms with Gasteiger partial charge in [0, 0.05) is 0 Å². The van der Waals surface area contributed by atoms with Crippen molar-refractivity contribution in [3.63, 3.8) is 0 Å². The van der Waals surface area contributed by atoms with E-state index in [0.29, 0.717) is 0 Å². The molecule has 1 aromatic rings. The van der Waals surface area contributed by atoms with E-state index in [1.807, 2.05) is 0 Å². The zero-order valence-corrected chi connectivity index (χ0v) is 16.5. The summed E-state index contributed by atoms with van der Waals surface area (Å²) in [4.78, 5) is 37.5. The largest absolute Gasteiger partial charge is 0.498 e. The first-order chi connectivity index (χ1) is 14.6. The third-order valence-corrected chi connectivity index (χ3v) is 3.36. The van der Waals surface area contributed by atoms with E-state index in [9.17, 15) is 14.4 Å². The molecule has 9 nitrogen and oxygen atoms in total. The van der Waals surface area contributed by atoms with Crippen molar-refractivity contribution in [2.75, 3.05) is 39.6 Å². The maximum atomic E-state index is 12.6. The van der Waals surface area contributed by atoms with E-state index in [1.165, 1.54) is 37.0 Å². The van der Waals surface area contributed by atoms with Crippen LogP contribution in [-0.4, -0.2) is 57.5 Å². The Morgan fingerprint density at radius 3 is 1.37 bits per heavy atom. The molecule has 0 atom stereocenters. The molecule has 9 heteroatoms. The number of carbonyl (C=O) groups is 3. The summed E-state index contributed by atoms with van der Waals surface area (Å²) >= 11 is 0. The molecule has 0 aliphatic rings. The highest BCUT2D eigenvalue weighted by atomic mass is 16.6. The third kappa shape index (κ3) is 8.09. The minimum Gasteiger partial charge on any atom is -0.498 e. The molecule has 1 rings (SSSR count). The molecule has 0 saturated heterocycles. The van der Waals surface area contributed by atoms with Gasteiger partial charge in [-0.1, -0.05) is 25.8 Å². The van der Waals surface area contributed by atoms with Gasteiger partial charge in [0.2, 0.25) is 0 Å². The second kappa shape index (κ2) is 14.3. The first-order valence-electron chi connectivity index (χ1n) is 8.88. The van der Waals surface area contributed by atoms with Gasteiger partial charge >= 0.3 is 17.9 Å². The van der Waals surface area contributed by atoms with Crippen molar-refractivity contribution in [2.24, 2.45) is 0 Å². The standard InChI is InChI=1S/C21H24O9/c1-4-25-10-13-28-19(22)16-8-7-9-17(20(23)29-14-11-26-5-2)18(16)21(24)30-15-12-27-6-3/h4-9H,1-3,10-15H2. The van der Waals surface area contributed by atoms with Gasteiger partial charge < -0.3 is 28.4 Å². The molecular weight excluding hydrogens is 396 g/mol. The second-order valence-corrected chi connectivity index (χ2v) is 5.25. The van der Waals surface area contributed by atoms with Gasteiger partial charge in [0.1, 0.15) is 39.6 Å². The monoisotopic (exact) mass is 420 g/mol.